The number of hydrogen-bond donors (Lipinski definition) is 1. The molecule has 0 atom stereocenters. The van der Waals surface area contributed by atoms with Gasteiger partial charge in [0.1, 0.15) is 0 Å². The molecule has 0 amide bonds. The zero-order valence-corrected chi connectivity index (χ0v) is 17.4. The molecule has 0 aromatic rings. The number of esters is 1. The second-order valence-electron chi connectivity index (χ2n) is 6.00. The standard InChI is InChI=1S/C18H37NO2.Na/c1-3-4-5-6-7-8-9-10-11-12-13-14-15-16-19-17-18(20)21-2;/h19H,3-17H2,1-2H3;. The van der Waals surface area contributed by atoms with Gasteiger partial charge in [-0.25, -0.2) is 0 Å². The summed E-state index contributed by atoms with van der Waals surface area (Å²) in [4.78, 5) is 10.9. The van der Waals surface area contributed by atoms with Crippen molar-refractivity contribution in [3.8, 4) is 0 Å². The number of rotatable bonds is 16. The first-order valence-corrected chi connectivity index (χ1v) is 9.08. The van der Waals surface area contributed by atoms with Crippen molar-refractivity contribution in [2.24, 2.45) is 0 Å². The van der Waals surface area contributed by atoms with Crippen molar-refractivity contribution in [1.29, 1.82) is 0 Å². The van der Waals surface area contributed by atoms with E-state index in [0.717, 1.165) is 13.0 Å². The van der Waals surface area contributed by atoms with Crippen LogP contribution in [0.25, 0.3) is 0 Å². The van der Waals surface area contributed by atoms with E-state index in [0.29, 0.717) is 6.54 Å². The predicted octanol–water partition coefficient (Wildman–Crippen LogP) is 4.46. The van der Waals surface area contributed by atoms with Crippen LogP contribution in [0.15, 0.2) is 0 Å². The third-order valence-corrected chi connectivity index (χ3v) is 3.95. The van der Waals surface area contributed by atoms with Crippen LogP contribution in [0.5, 0.6) is 0 Å². The topological polar surface area (TPSA) is 38.3 Å². The van der Waals surface area contributed by atoms with Gasteiger partial charge in [0.25, 0.3) is 0 Å². The Bertz CT molecular complexity index is 225. The van der Waals surface area contributed by atoms with Gasteiger partial charge in [-0.3, -0.25) is 4.79 Å². The van der Waals surface area contributed by atoms with E-state index in [9.17, 15) is 4.79 Å². The molecule has 4 heteroatoms. The molecule has 0 aliphatic carbocycles. The van der Waals surface area contributed by atoms with Gasteiger partial charge >= 0.3 is 5.97 Å². The van der Waals surface area contributed by atoms with Crippen LogP contribution in [0, 0.1) is 0 Å². The minimum absolute atomic E-state index is 0. The van der Waals surface area contributed by atoms with E-state index in [1.165, 1.54) is 84.2 Å². The third-order valence-electron chi connectivity index (χ3n) is 3.95. The van der Waals surface area contributed by atoms with E-state index in [2.05, 4.69) is 17.0 Å². The molecule has 0 aromatic carbocycles. The minimum Gasteiger partial charge on any atom is -0.468 e. The van der Waals surface area contributed by atoms with Crippen LogP contribution in [0.2, 0.25) is 0 Å². The van der Waals surface area contributed by atoms with Gasteiger partial charge in [-0.2, -0.15) is 0 Å². The molecule has 1 radical (unpaired) electrons. The van der Waals surface area contributed by atoms with Crippen LogP contribution < -0.4 is 5.32 Å². The van der Waals surface area contributed by atoms with Crippen molar-refractivity contribution < 1.29 is 9.53 Å². The van der Waals surface area contributed by atoms with Gasteiger partial charge in [0.2, 0.25) is 0 Å². The molecule has 0 aliphatic heterocycles. The van der Waals surface area contributed by atoms with Crippen molar-refractivity contribution in [1.82, 2.24) is 5.32 Å². The third kappa shape index (κ3) is 20.4. The molecule has 0 saturated carbocycles. The molecular weight excluding hydrogens is 285 g/mol. The minimum atomic E-state index is -0.176. The zero-order valence-electron chi connectivity index (χ0n) is 15.4. The summed E-state index contributed by atoms with van der Waals surface area (Å²) in [7, 11) is 1.43. The van der Waals surface area contributed by atoms with Gasteiger partial charge in [0.05, 0.1) is 13.7 Å². The largest absolute Gasteiger partial charge is 0.468 e. The van der Waals surface area contributed by atoms with Crippen molar-refractivity contribution in [2.75, 3.05) is 20.2 Å². The maximum atomic E-state index is 10.9. The first kappa shape index (κ1) is 24.7. The van der Waals surface area contributed by atoms with Gasteiger partial charge in [0, 0.05) is 29.6 Å². The number of carbonyl (C=O) groups excluding carboxylic acids is 1. The van der Waals surface area contributed by atoms with Gasteiger partial charge in [-0.1, -0.05) is 84.0 Å². The molecule has 0 bridgehead atoms. The first-order chi connectivity index (χ1) is 10.3. The Morgan fingerprint density at radius 1 is 0.773 bits per heavy atom. The quantitative estimate of drug-likeness (QED) is 0.259. The fraction of sp³-hybridized carbons (Fsp3) is 0.944. The summed E-state index contributed by atoms with van der Waals surface area (Å²) >= 11 is 0. The number of unbranched alkanes of at least 4 members (excludes halogenated alkanes) is 12. The maximum Gasteiger partial charge on any atom is 0.319 e. The van der Waals surface area contributed by atoms with Crippen LogP contribution in [0.1, 0.15) is 90.4 Å². The van der Waals surface area contributed by atoms with Crippen molar-refractivity contribution in [3.05, 3.63) is 0 Å². The molecule has 0 unspecified atom stereocenters. The summed E-state index contributed by atoms with van der Waals surface area (Å²) in [6, 6.07) is 0. The van der Waals surface area contributed by atoms with Crippen LogP contribution in [0.4, 0.5) is 0 Å². The molecule has 3 nitrogen and oxygen atoms in total. The fourth-order valence-corrected chi connectivity index (χ4v) is 2.53. The molecule has 0 heterocycles. The molecule has 0 aliphatic rings. The Labute approximate surface area is 160 Å². The normalized spacial score (nSPS) is 10.3. The number of carbonyl (C=O) groups is 1. The Morgan fingerprint density at radius 3 is 1.59 bits per heavy atom. The van der Waals surface area contributed by atoms with E-state index in [-0.39, 0.29) is 35.5 Å². The molecule has 0 spiro atoms. The van der Waals surface area contributed by atoms with E-state index in [1.54, 1.807) is 0 Å². The summed E-state index contributed by atoms with van der Waals surface area (Å²) in [5.74, 6) is -0.176. The van der Waals surface area contributed by atoms with Gasteiger partial charge in [-0.15, -0.1) is 0 Å². The molecular formula is C18H37NNaO2. The summed E-state index contributed by atoms with van der Waals surface area (Å²) in [5.41, 5.74) is 0. The molecule has 22 heavy (non-hydrogen) atoms. The Morgan fingerprint density at radius 2 is 1.18 bits per heavy atom. The summed E-state index contributed by atoms with van der Waals surface area (Å²) in [5, 5.41) is 3.10. The Balaban J connectivity index is 0. The second kappa shape index (κ2) is 21.4. The molecule has 0 saturated heterocycles. The average Bonchev–Trinajstić information content (AvgIpc) is 2.50. The van der Waals surface area contributed by atoms with Crippen molar-refractivity contribution in [3.63, 3.8) is 0 Å². The smallest absolute Gasteiger partial charge is 0.319 e. The van der Waals surface area contributed by atoms with Crippen LogP contribution >= 0.6 is 0 Å². The predicted molar refractivity (Wildman–Crippen MR) is 96.3 cm³/mol. The van der Waals surface area contributed by atoms with E-state index < -0.39 is 0 Å². The van der Waals surface area contributed by atoms with Crippen molar-refractivity contribution >= 4 is 35.5 Å². The average molecular weight is 322 g/mol. The summed E-state index contributed by atoms with van der Waals surface area (Å²) in [6.45, 7) is 3.54. The van der Waals surface area contributed by atoms with Crippen LogP contribution in [0.3, 0.4) is 0 Å². The number of hydrogen-bond acceptors (Lipinski definition) is 3. The summed E-state index contributed by atoms with van der Waals surface area (Å²) < 4.78 is 4.57. The van der Waals surface area contributed by atoms with Gasteiger partial charge in [0.15, 0.2) is 0 Å². The molecule has 0 fully saturated rings. The number of methoxy groups -OCH3 is 1. The summed E-state index contributed by atoms with van der Waals surface area (Å²) in [6.07, 6.45) is 17.8. The Kier molecular flexibility index (Phi) is 24.0. The van der Waals surface area contributed by atoms with E-state index in [1.807, 2.05) is 0 Å². The Hall–Kier alpha value is 0.430. The molecule has 0 rings (SSSR count). The number of ether oxygens (including phenoxy) is 1. The van der Waals surface area contributed by atoms with Gasteiger partial charge in [-0.05, 0) is 13.0 Å². The molecule has 0 aromatic heterocycles. The van der Waals surface area contributed by atoms with Crippen LogP contribution in [-0.2, 0) is 9.53 Å². The molecule has 127 valence electrons. The van der Waals surface area contributed by atoms with Crippen LogP contribution in [-0.4, -0.2) is 55.7 Å². The van der Waals surface area contributed by atoms with E-state index in [4.69, 9.17) is 0 Å². The van der Waals surface area contributed by atoms with E-state index >= 15 is 0 Å². The van der Waals surface area contributed by atoms with Crippen molar-refractivity contribution in [2.45, 2.75) is 90.4 Å². The molecule has 1 N–H and O–H groups in total. The number of nitrogens with one attached hydrogen (secondary N) is 1. The SMILES string of the molecule is CCCCCCCCCCCCCCCNCC(=O)OC.[Na]. The second-order valence-corrected chi connectivity index (χ2v) is 6.00. The fourth-order valence-electron chi connectivity index (χ4n) is 2.53. The zero-order chi connectivity index (χ0) is 15.6. The maximum absolute atomic E-state index is 10.9. The first-order valence-electron chi connectivity index (χ1n) is 9.08. The van der Waals surface area contributed by atoms with Gasteiger partial charge < -0.3 is 10.1 Å². The monoisotopic (exact) mass is 322 g/mol.